The first kappa shape index (κ1) is 40.4. The van der Waals surface area contributed by atoms with Crippen LogP contribution in [0.5, 0.6) is 0 Å². The monoisotopic (exact) mass is 812 g/mol. The van der Waals surface area contributed by atoms with Gasteiger partial charge in [-0.3, -0.25) is 0 Å². The van der Waals surface area contributed by atoms with Gasteiger partial charge < -0.3 is 29.1 Å². The van der Waals surface area contributed by atoms with Crippen molar-refractivity contribution in [3.05, 3.63) is 40.4 Å². The van der Waals surface area contributed by atoms with Crippen molar-refractivity contribution in [2.75, 3.05) is 38.2 Å². The summed E-state index contributed by atoms with van der Waals surface area (Å²) in [4.78, 5) is 27.3. The van der Waals surface area contributed by atoms with Gasteiger partial charge in [0.15, 0.2) is 11.5 Å². The van der Waals surface area contributed by atoms with Crippen LogP contribution in [0.25, 0.3) is 16.8 Å². The molecule has 284 valence electrons. The minimum Gasteiger partial charge on any atom is -0.444 e. The third kappa shape index (κ3) is 10.4. The molecule has 5 rings (SSSR count). The van der Waals surface area contributed by atoms with Crippen LogP contribution in [0.2, 0.25) is 51.4 Å². The number of aliphatic hydroxyl groups excluding tert-OH is 1. The summed E-state index contributed by atoms with van der Waals surface area (Å²) in [7, 11) is -2.60. The number of hydrogen-bond acceptors (Lipinski definition) is 9. The predicted molar refractivity (Wildman–Crippen MR) is 215 cm³/mol. The van der Waals surface area contributed by atoms with E-state index in [0.29, 0.717) is 38.0 Å². The standard InChI is InChI=1S/C38H57BrN6O5Si2/c1-38(2,3)50-37(47)44-30-14-15-31(44)22-28(21-30)34-33(39)36(43(25-48-17-19-51(4,5)6)26-49-18-20-52(7,8)9)45-35(42-34)32(24-41-45)27-12-13-29(40-23-27)11-10-16-46/h12-13,23-24,28,30-31,46H,14-22,25-26H2,1-9H3/t28-,30+,31-. The van der Waals surface area contributed by atoms with Crippen LogP contribution in [0.3, 0.4) is 0 Å². The van der Waals surface area contributed by atoms with E-state index in [9.17, 15) is 4.79 Å². The minimum absolute atomic E-state index is 0.0824. The molecule has 0 saturated carbocycles. The van der Waals surface area contributed by atoms with E-state index in [-0.39, 0.29) is 30.7 Å². The van der Waals surface area contributed by atoms with Gasteiger partial charge in [-0.15, -0.1) is 0 Å². The number of rotatable bonds is 13. The van der Waals surface area contributed by atoms with E-state index in [0.717, 1.165) is 64.9 Å². The number of halogens is 1. The van der Waals surface area contributed by atoms with E-state index >= 15 is 0 Å². The van der Waals surface area contributed by atoms with Crippen molar-refractivity contribution in [3.63, 3.8) is 0 Å². The fourth-order valence-electron chi connectivity index (χ4n) is 6.76. The lowest BCUT2D eigenvalue weighted by atomic mass is 9.88. The molecule has 0 aromatic carbocycles. The SMILES string of the molecule is CC(C)(C)OC(=O)N1[C@@H]2CC[C@H]1C[C@@H](c1nc3c(-c4ccc(C#CCO)nc4)cnn3c(N(COCC[Si](C)(C)C)COCC[Si](C)(C)C)c1Br)C2. The molecule has 3 aromatic rings. The molecule has 2 aliphatic heterocycles. The Bertz CT molecular complexity index is 1720. The van der Waals surface area contributed by atoms with Crippen LogP contribution in [-0.2, 0) is 14.2 Å². The zero-order valence-corrected chi connectivity index (χ0v) is 36.0. The highest BCUT2D eigenvalue weighted by Gasteiger charge is 2.46. The van der Waals surface area contributed by atoms with Crippen LogP contribution in [-0.4, -0.2) is 103 Å². The quantitative estimate of drug-likeness (QED) is 0.0795. The van der Waals surface area contributed by atoms with Gasteiger partial charge in [-0.1, -0.05) is 45.2 Å². The molecule has 0 spiro atoms. The maximum Gasteiger partial charge on any atom is 0.410 e. The number of anilines is 1. The summed E-state index contributed by atoms with van der Waals surface area (Å²) in [6, 6.07) is 6.10. The summed E-state index contributed by atoms with van der Waals surface area (Å²) >= 11 is 4.05. The summed E-state index contributed by atoms with van der Waals surface area (Å²) in [5.41, 5.74) is 3.39. The van der Waals surface area contributed by atoms with Crippen LogP contribution in [0.4, 0.5) is 10.6 Å². The Labute approximate surface area is 320 Å². The number of piperidine rings is 1. The molecule has 3 atom stereocenters. The van der Waals surface area contributed by atoms with E-state index in [1.807, 2.05) is 48.5 Å². The van der Waals surface area contributed by atoms with Crippen molar-refractivity contribution in [1.29, 1.82) is 0 Å². The second-order valence-corrected chi connectivity index (χ2v) is 29.5. The minimum atomic E-state index is -1.30. The predicted octanol–water partition coefficient (Wildman–Crippen LogP) is 7.97. The van der Waals surface area contributed by atoms with Gasteiger partial charge in [-0.2, -0.15) is 9.61 Å². The molecule has 14 heteroatoms. The van der Waals surface area contributed by atoms with Gasteiger partial charge in [-0.25, -0.2) is 14.8 Å². The summed E-state index contributed by atoms with van der Waals surface area (Å²) in [5.74, 6) is 6.47. The topological polar surface area (TPSA) is 115 Å². The number of hydrogen-bond donors (Lipinski definition) is 1. The molecule has 3 aromatic heterocycles. The van der Waals surface area contributed by atoms with Crippen molar-refractivity contribution < 1.29 is 24.1 Å². The second kappa shape index (κ2) is 16.7. The molecule has 2 bridgehead atoms. The van der Waals surface area contributed by atoms with Gasteiger partial charge in [0.2, 0.25) is 0 Å². The fourth-order valence-corrected chi connectivity index (χ4v) is 9.10. The zero-order valence-electron chi connectivity index (χ0n) is 32.5. The average molecular weight is 814 g/mol. The molecule has 1 amide bonds. The van der Waals surface area contributed by atoms with Gasteiger partial charge in [0.05, 0.1) is 16.4 Å². The van der Waals surface area contributed by atoms with E-state index < -0.39 is 21.7 Å². The first-order valence-electron chi connectivity index (χ1n) is 18.5. The van der Waals surface area contributed by atoms with Crippen LogP contribution in [0, 0.1) is 11.8 Å². The van der Waals surface area contributed by atoms with Crippen molar-refractivity contribution in [3.8, 4) is 23.0 Å². The molecular formula is C38H57BrN6O5Si2. The molecule has 2 saturated heterocycles. The lowest BCUT2D eigenvalue weighted by Gasteiger charge is -2.39. The number of ether oxygens (including phenoxy) is 3. The van der Waals surface area contributed by atoms with Crippen molar-refractivity contribution in [2.45, 2.75) is 121 Å². The molecule has 0 unspecified atom stereocenters. The van der Waals surface area contributed by atoms with Crippen molar-refractivity contribution >= 4 is 49.6 Å². The van der Waals surface area contributed by atoms with E-state index in [1.165, 1.54) is 0 Å². The molecular weight excluding hydrogens is 757 g/mol. The van der Waals surface area contributed by atoms with Gasteiger partial charge in [-0.05, 0) is 92.5 Å². The highest BCUT2D eigenvalue weighted by atomic mass is 79.9. The molecule has 52 heavy (non-hydrogen) atoms. The van der Waals surface area contributed by atoms with Gasteiger partial charge in [0, 0.05) is 64.7 Å². The molecule has 2 aliphatic rings. The first-order chi connectivity index (χ1) is 24.4. The zero-order chi connectivity index (χ0) is 37.8. The Morgan fingerprint density at radius 3 is 2.13 bits per heavy atom. The number of pyridine rings is 1. The Balaban J connectivity index is 1.56. The van der Waals surface area contributed by atoms with Crippen LogP contribution in [0.1, 0.15) is 63.8 Å². The van der Waals surface area contributed by atoms with Crippen molar-refractivity contribution in [2.24, 2.45) is 0 Å². The molecule has 2 fully saturated rings. The second-order valence-electron chi connectivity index (χ2n) is 17.5. The van der Waals surface area contributed by atoms with Crippen molar-refractivity contribution in [1.82, 2.24) is 24.5 Å². The Hall–Kier alpha value is -2.81. The van der Waals surface area contributed by atoms with E-state index in [4.69, 9.17) is 29.4 Å². The van der Waals surface area contributed by atoms with E-state index in [2.05, 4.69) is 76.9 Å². The smallest absolute Gasteiger partial charge is 0.410 e. The van der Waals surface area contributed by atoms with E-state index in [1.54, 1.807) is 6.20 Å². The summed E-state index contributed by atoms with van der Waals surface area (Å²) < 4.78 is 21.4. The molecule has 5 heterocycles. The van der Waals surface area contributed by atoms with Gasteiger partial charge in [0.25, 0.3) is 0 Å². The number of nitrogens with zero attached hydrogens (tertiary/aromatic N) is 6. The Kier molecular flexibility index (Phi) is 13.0. The average Bonchev–Trinajstić information content (AvgIpc) is 3.59. The molecule has 0 radical (unpaired) electrons. The maximum absolute atomic E-state index is 13.3. The molecule has 11 nitrogen and oxygen atoms in total. The third-order valence-corrected chi connectivity index (χ3v) is 13.6. The highest BCUT2D eigenvalue weighted by molar-refractivity contribution is 9.10. The number of aromatic nitrogens is 4. The number of carbonyl (C=O) groups is 1. The summed E-state index contributed by atoms with van der Waals surface area (Å²) in [5, 5.41) is 14.0. The number of aliphatic hydroxyl groups is 1. The van der Waals surface area contributed by atoms with Gasteiger partial charge >= 0.3 is 6.09 Å². The molecule has 0 aliphatic carbocycles. The lowest BCUT2D eigenvalue weighted by Crippen LogP contribution is -2.48. The lowest BCUT2D eigenvalue weighted by molar-refractivity contribution is 0.00566. The number of fused-ring (bicyclic) bond motifs is 3. The largest absolute Gasteiger partial charge is 0.444 e. The van der Waals surface area contributed by atoms with Crippen LogP contribution in [0.15, 0.2) is 29.0 Å². The number of amides is 1. The number of carbonyl (C=O) groups excluding carboxylic acids is 1. The highest BCUT2D eigenvalue weighted by Crippen LogP contribution is 2.47. The van der Waals surface area contributed by atoms with Gasteiger partial charge in [0.1, 0.15) is 31.4 Å². The Morgan fingerprint density at radius 2 is 1.62 bits per heavy atom. The van der Waals surface area contributed by atoms with Crippen LogP contribution >= 0.6 is 15.9 Å². The normalized spacial score (nSPS) is 19.1. The Morgan fingerprint density at radius 1 is 1.00 bits per heavy atom. The third-order valence-electron chi connectivity index (χ3n) is 9.47. The maximum atomic E-state index is 13.3. The first-order valence-corrected chi connectivity index (χ1v) is 26.7. The summed E-state index contributed by atoms with van der Waals surface area (Å²) in [6.45, 7) is 21.7. The summed E-state index contributed by atoms with van der Waals surface area (Å²) in [6.07, 6.45) is 6.87. The van der Waals surface area contributed by atoms with Crippen LogP contribution < -0.4 is 4.90 Å². The fraction of sp³-hybridized carbons (Fsp3) is 0.632. The molecule has 1 N–H and O–H groups in total.